The molecular formula is C19H22N2O3S. The molecule has 0 amide bonds. The van der Waals surface area contributed by atoms with E-state index in [-0.39, 0.29) is 17.2 Å². The zero-order valence-electron chi connectivity index (χ0n) is 14.0. The van der Waals surface area contributed by atoms with Crippen molar-refractivity contribution in [1.29, 1.82) is 0 Å². The Bertz CT molecular complexity index is 829. The molecule has 2 aromatic carbocycles. The summed E-state index contributed by atoms with van der Waals surface area (Å²) < 4.78 is 26.7. The monoisotopic (exact) mass is 358 g/mol. The maximum Gasteiger partial charge on any atom is 0.243 e. The topological polar surface area (TPSA) is 66.5 Å². The van der Waals surface area contributed by atoms with E-state index in [9.17, 15) is 13.2 Å². The lowest BCUT2D eigenvalue weighted by Gasteiger charge is -2.16. The number of nitrogens with one attached hydrogen (secondary N) is 1. The molecule has 1 aliphatic rings. The van der Waals surface area contributed by atoms with Crippen molar-refractivity contribution >= 4 is 15.8 Å². The fourth-order valence-corrected chi connectivity index (χ4v) is 4.49. The van der Waals surface area contributed by atoms with Crippen molar-refractivity contribution in [2.45, 2.75) is 24.3 Å². The molecule has 0 spiro atoms. The number of ketones is 1. The van der Waals surface area contributed by atoms with Crippen LogP contribution in [0.3, 0.4) is 0 Å². The Kier molecular flexibility index (Phi) is 5.63. The van der Waals surface area contributed by atoms with Gasteiger partial charge in [0.05, 0.1) is 11.4 Å². The average molecular weight is 358 g/mol. The molecule has 132 valence electrons. The lowest BCUT2D eigenvalue weighted by molar-refractivity contribution is 0.0990. The highest BCUT2D eigenvalue weighted by molar-refractivity contribution is 7.89. The van der Waals surface area contributed by atoms with Crippen LogP contribution in [0.15, 0.2) is 59.5 Å². The summed E-state index contributed by atoms with van der Waals surface area (Å²) in [6, 6.07) is 16.2. The first kappa shape index (κ1) is 17.8. The predicted molar refractivity (Wildman–Crippen MR) is 96.9 cm³/mol. The van der Waals surface area contributed by atoms with Gasteiger partial charge >= 0.3 is 0 Å². The normalized spacial score (nSPS) is 15.4. The van der Waals surface area contributed by atoms with Gasteiger partial charge in [0.2, 0.25) is 10.0 Å². The van der Waals surface area contributed by atoms with Crippen LogP contribution in [0, 0.1) is 0 Å². The van der Waals surface area contributed by atoms with Crippen molar-refractivity contribution in [1.82, 2.24) is 9.62 Å². The van der Waals surface area contributed by atoms with E-state index in [1.807, 2.05) is 30.3 Å². The molecule has 0 atom stereocenters. The summed E-state index contributed by atoms with van der Waals surface area (Å²) in [4.78, 5) is 12.6. The molecular weight excluding hydrogens is 336 g/mol. The number of hydrogen-bond acceptors (Lipinski definition) is 4. The number of hydrogen-bond donors (Lipinski definition) is 1. The smallest absolute Gasteiger partial charge is 0.243 e. The number of Topliss-reactive ketones (excluding diaryl/α,β-unsaturated/α-hetero) is 1. The Morgan fingerprint density at radius 2 is 1.72 bits per heavy atom. The maximum atomic E-state index is 12.6. The van der Waals surface area contributed by atoms with Gasteiger partial charge in [-0.05, 0) is 30.5 Å². The number of nitrogens with zero attached hydrogens (tertiary/aromatic N) is 1. The van der Waals surface area contributed by atoms with Gasteiger partial charge in [0.15, 0.2) is 5.78 Å². The zero-order chi connectivity index (χ0) is 17.7. The molecule has 1 aliphatic heterocycles. The molecule has 5 nitrogen and oxygen atoms in total. The van der Waals surface area contributed by atoms with Gasteiger partial charge in [-0.2, -0.15) is 4.31 Å². The molecule has 1 heterocycles. The van der Waals surface area contributed by atoms with Crippen LogP contribution in [0.2, 0.25) is 0 Å². The maximum absolute atomic E-state index is 12.6. The van der Waals surface area contributed by atoms with Crippen LogP contribution in [0.5, 0.6) is 0 Å². The summed E-state index contributed by atoms with van der Waals surface area (Å²) in [6.45, 7) is 1.87. The summed E-state index contributed by atoms with van der Waals surface area (Å²) in [5.74, 6) is -0.116. The summed E-state index contributed by atoms with van der Waals surface area (Å²) >= 11 is 0. The molecule has 6 heteroatoms. The Morgan fingerprint density at radius 3 is 2.44 bits per heavy atom. The third-order valence-corrected chi connectivity index (χ3v) is 6.21. The van der Waals surface area contributed by atoms with Gasteiger partial charge in [-0.25, -0.2) is 8.42 Å². The molecule has 3 rings (SSSR count). The fraction of sp³-hybridized carbons (Fsp3) is 0.316. The van der Waals surface area contributed by atoms with Crippen molar-refractivity contribution in [3.8, 4) is 0 Å². The first-order valence-electron chi connectivity index (χ1n) is 8.45. The third kappa shape index (κ3) is 4.34. The molecule has 0 bridgehead atoms. The highest BCUT2D eigenvalue weighted by atomic mass is 32.2. The van der Waals surface area contributed by atoms with Gasteiger partial charge in [-0.1, -0.05) is 42.5 Å². The minimum absolute atomic E-state index is 0.116. The largest absolute Gasteiger partial charge is 0.306 e. The highest BCUT2D eigenvalue weighted by Gasteiger charge is 2.27. The number of carbonyl (C=O) groups is 1. The van der Waals surface area contributed by atoms with E-state index < -0.39 is 10.0 Å². The van der Waals surface area contributed by atoms with Crippen molar-refractivity contribution in [2.24, 2.45) is 0 Å². The predicted octanol–water partition coefficient (Wildman–Crippen LogP) is 2.44. The molecule has 2 aromatic rings. The molecule has 1 N–H and O–H groups in total. The summed E-state index contributed by atoms with van der Waals surface area (Å²) in [6.07, 6.45) is 1.78. The van der Waals surface area contributed by atoms with Crippen molar-refractivity contribution < 1.29 is 13.2 Å². The third-order valence-electron chi connectivity index (χ3n) is 4.32. The summed E-state index contributed by atoms with van der Waals surface area (Å²) in [5.41, 5.74) is 1.52. The van der Waals surface area contributed by atoms with Gasteiger partial charge < -0.3 is 5.32 Å². The molecule has 0 radical (unpaired) electrons. The number of rotatable bonds is 7. The minimum Gasteiger partial charge on any atom is -0.306 e. The van der Waals surface area contributed by atoms with E-state index in [0.717, 1.165) is 18.4 Å². The summed E-state index contributed by atoms with van der Waals surface area (Å²) in [5, 5.41) is 3.10. The fourth-order valence-electron chi connectivity index (χ4n) is 2.93. The van der Waals surface area contributed by atoms with E-state index in [1.54, 1.807) is 18.2 Å². The molecule has 1 saturated heterocycles. The zero-order valence-corrected chi connectivity index (χ0v) is 14.8. The van der Waals surface area contributed by atoms with Gasteiger partial charge in [-0.15, -0.1) is 0 Å². The van der Waals surface area contributed by atoms with E-state index in [0.29, 0.717) is 25.2 Å². The Labute approximate surface area is 148 Å². The molecule has 1 fully saturated rings. The lowest BCUT2D eigenvalue weighted by Crippen LogP contribution is -2.28. The van der Waals surface area contributed by atoms with E-state index in [1.165, 1.54) is 10.4 Å². The summed E-state index contributed by atoms with van der Waals surface area (Å²) in [7, 11) is -3.50. The Hall–Kier alpha value is -2.02. The van der Waals surface area contributed by atoms with Gasteiger partial charge in [0.1, 0.15) is 0 Å². The van der Waals surface area contributed by atoms with Crippen molar-refractivity contribution in [3.63, 3.8) is 0 Å². The second-order valence-corrected chi connectivity index (χ2v) is 8.09. The number of sulfonamides is 1. The number of benzene rings is 2. The van der Waals surface area contributed by atoms with Gasteiger partial charge in [-0.3, -0.25) is 4.79 Å². The Balaban J connectivity index is 1.65. The molecule has 0 aliphatic carbocycles. The van der Waals surface area contributed by atoms with Gasteiger partial charge in [0, 0.05) is 25.2 Å². The highest BCUT2D eigenvalue weighted by Crippen LogP contribution is 2.21. The number of carbonyl (C=O) groups excluding carboxylic acids is 1. The quantitative estimate of drug-likeness (QED) is 0.772. The van der Waals surface area contributed by atoms with Crippen LogP contribution in [0.1, 0.15) is 28.8 Å². The van der Waals surface area contributed by atoms with Crippen molar-refractivity contribution in [2.75, 3.05) is 19.6 Å². The molecule has 0 unspecified atom stereocenters. The lowest BCUT2D eigenvalue weighted by atomic mass is 10.1. The van der Waals surface area contributed by atoms with E-state index >= 15 is 0 Å². The Morgan fingerprint density at radius 1 is 1.00 bits per heavy atom. The first-order valence-corrected chi connectivity index (χ1v) is 9.89. The van der Waals surface area contributed by atoms with Crippen LogP contribution in [-0.4, -0.2) is 38.1 Å². The average Bonchev–Trinajstić information content (AvgIpc) is 3.18. The minimum atomic E-state index is -3.50. The second-order valence-electron chi connectivity index (χ2n) is 6.15. The SMILES string of the molecule is O=C(CNCc1ccccc1)c1cccc(S(=O)(=O)N2CCCC2)c1. The van der Waals surface area contributed by atoms with Crippen molar-refractivity contribution in [3.05, 3.63) is 65.7 Å². The molecule has 0 saturated carbocycles. The molecule has 0 aromatic heterocycles. The van der Waals surface area contributed by atoms with Crippen LogP contribution >= 0.6 is 0 Å². The standard InChI is InChI=1S/C19H22N2O3S/c22-19(15-20-14-16-7-2-1-3-8-16)17-9-6-10-18(13-17)25(23,24)21-11-4-5-12-21/h1-3,6-10,13,20H,4-5,11-12,14-15H2. The van der Waals surface area contributed by atoms with Crippen LogP contribution in [0.25, 0.3) is 0 Å². The molecule has 25 heavy (non-hydrogen) atoms. The van der Waals surface area contributed by atoms with Crippen LogP contribution < -0.4 is 5.32 Å². The van der Waals surface area contributed by atoms with E-state index in [4.69, 9.17) is 0 Å². The van der Waals surface area contributed by atoms with E-state index in [2.05, 4.69) is 5.32 Å². The van der Waals surface area contributed by atoms with Gasteiger partial charge in [0.25, 0.3) is 0 Å². The second kappa shape index (κ2) is 7.91. The van der Waals surface area contributed by atoms with Crippen LogP contribution in [0.4, 0.5) is 0 Å². The van der Waals surface area contributed by atoms with Crippen LogP contribution in [-0.2, 0) is 16.6 Å². The first-order chi connectivity index (χ1) is 12.1.